The van der Waals surface area contributed by atoms with E-state index in [2.05, 4.69) is 26.7 Å². The Morgan fingerprint density at radius 3 is 2.42 bits per heavy atom. The number of ether oxygens (including phenoxy) is 2. The highest BCUT2D eigenvalue weighted by Gasteiger charge is 2.29. The fourth-order valence-electron chi connectivity index (χ4n) is 4.41. The molecule has 2 heterocycles. The lowest BCUT2D eigenvalue weighted by molar-refractivity contribution is 0.166. The fraction of sp³-hybridized carbons (Fsp3) is 0.407. The Labute approximate surface area is 213 Å². The minimum Gasteiger partial charge on any atom is -0.497 e. The number of nitrogens with zero attached hydrogens (tertiary/aromatic N) is 2. The van der Waals surface area contributed by atoms with Crippen molar-refractivity contribution >= 4 is 15.7 Å². The highest BCUT2D eigenvalue weighted by molar-refractivity contribution is 7.89. The van der Waals surface area contributed by atoms with Gasteiger partial charge in [-0.3, -0.25) is 4.90 Å². The molecule has 3 aromatic rings. The normalized spacial score (nSPS) is 15.6. The summed E-state index contributed by atoms with van der Waals surface area (Å²) in [5, 5.41) is 0. The lowest BCUT2D eigenvalue weighted by Crippen LogP contribution is -2.49. The Morgan fingerprint density at radius 1 is 1.06 bits per heavy atom. The van der Waals surface area contributed by atoms with E-state index in [1.807, 2.05) is 38.1 Å². The molecule has 1 fully saturated rings. The van der Waals surface area contributed by atoms with Crippen LogP contribution in [-0.4, -0.2) is 59.8 Å². The van der Waals surface area contributed by atoms with Crippen LogP contribution in [0, 0.1) is 6.92 Å². The van der Waals surface area contributed by atoms with Crippen molar-refractivity contribution in [2.24, 2.45) is 0 Å². The summed E-state index contributed by atoms with van der Waals surface area (Å²) in [6.07, 6.45) is 2.52. The van der Waals surface area contributed by atoms with Gasteiger partial charge in [0.25, 0.3) is 0 Å². The summed E-state index contributed by atoms with van der Waals surface area (Å²) in [4.78, 5) is 4.82. The molecule has 0 spiro atoms. The third-order valence-corrected chi connectivity index (χ3v) is 7.87. The van der Waals surface area contributed by atoms with Gasteiger partial charge in [-0.2, -0.15) is 0 Å². The summed E-state index contributed by atoms with van der Waals surface area (Å²) in [5.41, 5.74) is 1.94. The van der Waals surface area contributed by atoms with Crippen molar-refractivity contribution in [3.05, 3.63) is 72.2 Å². The topological polar surface area (TPSA) is 84.2 Å². The van der Waals surface area contributed by atoms with Gasteiger partial charge in [-0.1, -0.05) is 6.92 Å². The number of piperazine rings is 1. The number of anilines is 1. The monoisotopic (exact) mass is 513 g/mol. The third kappa shape index (κ3) is 6.21. The average molecular weight is 514 g/mol. The maximum absolute atomic E-state index is 13.1. The number of aryl methyl sites for hydroxylation is 1. The Balaban J connectivity index is 1.42. The lowest BCUT2D eigenvalue weighted by Gasteiger charge is -2.39. The van der Waals surface area contributed by atoms with Crippen molar-refractivity contribution in [3.63, 3.8) is 0 Å². The van der Waals surface area contributed by atoms with E-state index in [4.69, 9.17) is 13.9 Å². The zero-order chi connectivity index (χ0) is 25.5. The van der Waals surface area contributed by atoms with Crippen molar-refractivity contribution in [2.75, 3.05) is 51.3 Å². The Morgan fingerprint density at radius 2 is 1.81 bits per heavy atom. The molecule has 1 unspecified atom stereocenters. The van der Waals surface area contributed by atoms with E-state index in [-0.39, 0.29) is 17.5 Å². The zero-order valence-electron chi connectivity index (χ0n) is 21.1. The molecular weight excluding hydrogens is 478 g/mol. The second-order valence-electron chi connectivity index (χ2n) is 8.88. The number of methoxy groups -OCH3 is 1. The molecule has 4 rings (SSSR count). The maximum atomic E-state index is 13.1. The van der Waals surface area contributed by atoms with Gasteiger partial charge in [-0.05, 0) is 73.5 Å². The van der Waals surface area contributed by atoms with Gasteiger partial charge >= 0.3 is 0 Å². The highest BCUT2D eigenvalue weighted by Crippen LogP contribution is 2.27. The molecule has 0 radical (unpaired) electrons. The van der Waals surface area contributed by atoms with E-state index in [9.17, 15) is 8.42 Å². The fourth-order valence-corrected chi connectivity index (χ4v) is 5.53. The molecule has 1 aliphatic heterocycles. The van der Waals surface area contributed by atoms with E-state index in [1.54, 1.807) is 31.6 Å². The van der Waals surface area contributed by atoms with Crippen molar-refractivity contribution < 1.29 is 22.3 Å². The van der Waals surface area contributed by atoms with Gasteiger partial charge < -0.3 is 18.8 Å². The van der Waals surface area contributed by atoms with Crippen LogP contribution in [0.2, 0.25) is 0 Å². The molecule has 1 saturated heterocycles. The van der Waals surface area contributed by atoms with E-state index in [0.717, 1.165) is 55.4 Å². The van der Waals surface area contributed by atoms with Crippen LogP contribution in [0.5, 0.6) is 11.5 Å². The molecular formula is C27H35N3O5S. The second-order valence-corrected chi connectivity index (χ2v) is 10.6. The van der Waals surface area contributed by atoms with Crippen LogP contribution in [0.3, 0.4) is 0 Å². The number of hydrogen-bond acceptors (Lipinski definition) is 7. The predicted octanol–water partition coefficient (Wildman–Crippen LogP) is 4.23. The number of hydrogen-bond donors (Lipinski definition) is 1. The summed E-state index contributed by atoms with van der Waals surface area (Å²) in [6, 6.07) is 16.6. The molecule has 0 bridgehead atoms. The number of nitrogens with one attached hydrogen (secondary N) is 1. The minimum absolute atomic E-state index is 0.207. The molecule has 1 atom stereocenters. The summed E-state index contributed by atoms with van der Waals surface area (Å²) in [6.45, 7) is 7.92. The van der Waals surface area contributed by atoms with E-state index < -0.39 is 10.0 Å². The van der Waals surface area contributed by atoms with Gasteiger partial charge in [0.2, 0.25) is 10.0 Å². The van der Waals surface area contributed by atoms with Gasteiger partial charge in [0.05, 0.1) is 30.9 Å². The van der Waals surface area contributed by atoms with Gasteiger partial charge in [-0.25, -0.2) is 13.1 Å². The highest BCUT2D eigenvalue weighted by atomic mass is 32.2. The predicted molar refractivity (Wildman–Crippen MR) is 140 cm³/mol. The summed E-state index contributed by atoms with van der Waals surface area (Å²) >= 11 is 0. The zero-order valence-corrected chi connectivity index (χ0v) is 22.0. The van der Waals surface area contributed by atoms with Crippen LogP contribution in [0.4, 0.5) is 5.69 Å². The van der Waals surface area contributed by atoms with Crippen molar-refractivity contribution in [1.82, 2.24) is 9.62 Å². The average Bonchev–Trinajstić information content (AvgIpc) is 3.43. The standard InChI is InChI=1S/C27H35N3O5S/c1-4-17-34-26-12-11-24(19-21(26)2)36(31,32)28-20-25(27-6-5-18-35-27)30-15-13-29(14-16-30)22-7-9-23(33-3)10-8-22/h5-12,18-19,25,28H,4,13-17,20H2,1-3H3. The SMILES string of the molecule is CCCOc1ccc(S(=O)(=O)NCC(c2ccco2)N2CCN(c3ccc(OC)cc3)CC2)cc1C. The van der Waals surface area contributed by atoms with Crippen LogP contribution < -0.4 is 19.1 Å². The largest absolute Gasteiger partial charge is 0.497 e. The van der Waals surface area contributed by atoms with Gasteiger partial charge in [-0.15, -0.1) is 0 Å². The molecule has 0 saturated carbocycles. The summed E-state index contributed by atoms with van der Waals surface area (Å²) < 4.78 is 45.7. The van der Waals surface area contributed by atoms with Crippen LogP contribution in [0.1, 0.15) is 30.7 Å². The van der Waals surface area contributed by atoms with Crippen molar-refractivity contribution in [3.8, 4) is 11.5 Å². The summed E-state index contributed by atoms with van der Waals surface area (Å²) in [5.74, 6) is 2.29. The van der Waals surface area contributed by atoms with Crippen molar-refractivity contribution in [2.45, 2.75) is 31.2 Å². The number of rotatable bonds is 11. The second kappa shape index (κ2) is 11.8. The minimum atomic E-state index is -3.70. The molecule has 0 amide bonds. The number of furan rings is 1. The van der Waals surface area contributed by atoms with E-state index >= 15 is 0 Å². The Hall–Kier alpha value is -3.01. The smallest absolute Gasteiger partial charge is 0.240 e. The first kappa shape index (κ1) is 26.1. The van der Waals surface area contributed by atoms with E-state index in [0.29, 0.717) is 12.4 Å². The molecule has 1 aromatic heterocycles. The lowest BCUT2D eigenvalue weighted by atomic mass is 10.1. The number of sulfonamides is 1. The Bertz CT molecular complexity index is 1200. The summed E-state index contributed by atoms with van der Waals surface area (Å²) in [7, 11) is -2.04. The molecule has 1 N–H and O–H groups in total. The molecule has 2 aromatic carbocycles. The van der Waals surface area contributed by atoms with Gasteiger partial charge in [0.15, 0.2) is 0 Å². The maximum Gasteiger partial charge on any atom is 0.240 e. The quantitative estimate of drug-likeness (QED) is 0.411. The van der Waals surface area contributed by atoms with Crippen LogP contribution in [0.25, 0.3) is 0 Å². The van der Waals surface area contributed by atoms with Crippen LogP contribution in [-0.2, 0) is 10.0 Å². The molecule has 9 heteroatoms. The van der Waals surface area contributed by atoms with Crippen LogP contribution >= 0.6 is 0 Å². The van der Waals surface area contributed by atoms with Crippen LogP contribution in [0.15, 0.2) is 70.2 Å². The molecule has 0 aliphatic carbocycles. The molecule has 8 nitrogen and oxygen atoms in total. The van der Waals surface area contributed by atoms with Gasteiger partial charge in [0, 0.05) is 38.4 Å². The third-order valence-electron chi connectivity index (χ3n) is 6.45. The van der Waals surface area contributed by atoms with Gasteiger partial charge in [0.1, 0.15) is 17.3 Å². The molecule has 194 valence electrons. The first-order chi connectivity index (χ1) is 17.4. The molecule has 1 aliphatic rings. The first-order valence-corrected chi connectivity index (χ1v) is 13.8. The van der Waals surface area contributed by atoms with Crippen molar-refractivity contribution in [1.29, 1.82) is 0 Å². The number of benzene rings is 2. The Kier molecular flexibility index (Phi) is 8.56. The van der Waals surface area contributed by atoms with E-state index in [1.165, 1.54) is 0 Å². The first-order valence-electron chi connectivity index (χ1n) is 12.3. The molecule has 36 heavy (non-hydrogen) atoms.